The second-order valence-corrected chi connectivity index (χ2v) is 6.44. The molecule has 2 rings (SSSR count). The van der Waals surface area contributed by atoms with Gasteiger partial charge in [-0.2, -0.15) is 0 Å². The Kier molecular flexibility index (Phi) is 9.94. The average molecular weight is 387 g/mol. The summed E-state index contributed by atoms with van der Waals surface area (Å²) in [4.78, 5) is 12.7. The molecular weight excluding hydrogens is 356 g/mol. The zero-order chi connectivity index (χ0) is 18.1. The minimum atomic E-state index is -0.727. The summed E-state index contributed by atoms with van der Waals surface area (Å²) < 4.78 is 16.5. The van der Waals surface area contributed by atoms with Crippen LogP contribution in [0.1, 0.15) is 30.4 Å². The summed E-state index contributed by atoms with van der Waals surface area (Å²) in [6.07, 6.45) is 2.20. The SMILES string of the molecule is COCCCOc1cc(C)ccc1CNC(=O)C1(OC)CCNCC1.Cl. The van der Waals surface area contributed by atoms with Gasteiger partial charge in [0.1, 0.15) is 11.4 Å². The van der Waals surface area contributed by atoms with Gasteiger partial charge in [-0.1, -0.05) is 12.1 Å². The van der Waals surface area contributed by atoms with Crippen molar-refractivity contribution in [3.05, 3.63) is 29.3 Å². The molecule has 0 aromatic heterocycles. The molecule has 1 aliphatic heterocycles. The van der Waals surface area contributed by atoms with Crippen molar-refractivity contribution in [1.82, 2.24) is 10.6 Å². The highest BCUT2D eigenvalue weighted by molar-refractivity contribution is 5.85. The normalized spacial score (nSPS) is 15.8. The fourth-order valence-corrected chi connectivity index (χ4v) is 3.02. The monoisotopic (exact) mass is 386 g/mol. The lowest BCUT2D eigenvalue weighted by molar-refractivity contribution is -0.146. The van der Waals surface area contributed by atoms with Gasteiger partial charge < -0.3 is 24.8 Å². The van der Waals surface area contributed by atoms with E-state index >= 15 is 0 Å². The van der Waals surface area contributed by atoms with Crippen molar-refractivity contribution in [3.63, 3.8) is 0 Å². The van der Waals surface area contributed by atoms with Gasteiger partial charge in [0.15, 0.2) is 0 Å². The molecule has 7 heteroatoms. The molecule has 1 heterocycles. The molecule has 148 valence electrons. The second kappa shape index (κ2) is 11.4. The Morgan fingerprint density at radius 3 is 2.62 bits per heavy atom. The molecule has 0 aliphatic carbocycles. The summed E-state index contributed by atoms with van der Waals surface area (Å²) in [5, 5.41) is 6.29. The van der Waals surface area contributed by atoms with Crippen molar-refractivity contribution < 1.29 is 19.0 Å². The van der Waals surface area contributed by atoms with E-state index in [-0.39, 0.29) is 18.3 Å². The van der Waals surface area contributed by atoms with Crippen LogP contribution in [-0.2, 0) is 20.8 Å². The molecule has 1 aromatic rings. The molecule has 2 N–H and O–H groups in total. The number of carbonyl (C=O) groups excluding carboxylic acids is 1. The van der Waals surface area contributed by atoms with Crippen molar-refractivity contribution in [2.45, 2.75) is 38.3 Å². The highest BCUT2D eigenvalue weighted by Crippen LogP contribution is 2.24. The van der Waals surface area contributed by atoms with Crippen molar-refractivity contribution in [1.29, 1.82) is 0 Å². The lowest BCUT2D eigenvalue weighted by Gasteiger charge is -2.34. The summed E-state index contributed by atoms with van der Waals surface area (Å²) in [6.45, 7) is 5.30. The minimum Gasteiger partial charge on any atom is -0.493 e. The standard InChI is InChI=1S/C19H30N2O4.ClH/c1-15-5-6-16(17(13-15)25-12-4-11-23-2)14-21-18(22)19(24-3)7-9-20-10-8-19;/h5-6,13,20H,4,7-12,14H2,1-3H3,(H,21,22);1H. The average Bonchev–Trinajstić information content (AvgIpc) is 2.64. The molecule has 1 fully saturated rings. The van der Waals surface area contributed by atoms with Gasteiger partial charge in [-0.05, 0) is 44.5 Å². The number of ether oxygens (including phenoxy) is 3. The van der Waals surface area contributed by atoms with Crippen LogP contribution in [0, 0.1) is 6.92 Å². The van der Waals surface area contributed by atoms with Crippen LogP contribution in [0.15, 0.2) is 18.2 Å². The van der Waals surface area contributed by atoms with Gasteiger partial charge in [0.25, 0.3) is 5.91 Å². The largest absolute Gasteiger partial charge is 0.493 e. The van der Waals surface area contributed by atoms with E-state index in [2.05, 4.69) is 10.6 Å². The number of halogens is 1. The Morgan fingerprint density at radius 2 is 1.96 bits per heavy atom. The van der Waals surface area contributed by atoms with Crippen LogP contribution in [0.2, 0.25) is 0 Å². The van der Waals surface area contributed by atoms with Crippen LogP contribution in [0.25, 0.3) is 0 Å². The second-order valence-electron chi connectivity index (χ2n) is 6.44. The van der Waals surface area contributed by atoms with Crippen LogP contribution in [0.4, 0.5) is 0 Å². The third-order valence-electron chi connectivity index (χ3n) is 4.63. The van der Waals surface area contributed by atoms with Crippen molar-refractivity contribution in [2.75, 3.05) is 40.5 Å². The maximum absolute atomic E-state index is 12.7. The van der Waals surface area contributed by atoms with Crippen LogP contribution >= 0.6 is 12.4 Å². The summed E-state index contributed by atoms with van der Waals surface area (Å²) in [6, 6.07) is 6.04. The number of hydrogen-bond donors (Lipinski definition) is 2. The molecule has 6 nitrogen and oxygen atoms in total. The van der Waals surface area contributed by atoms with Crippen LogP contribution in [-0.4, -0.2) is 52.0 Å². The predicted molar refractivity (Wildman–Crippen MR) is 104 cm³/mol. The van der Waals surface area contributed by atoms with E-state index in [1.54, 1.807) is 14.2 Å². The maximum atomic E-state index is 12.7. The van der Waals surface area contributed by atoms with E-state index in [9.17, 15) is 4.79 Å². The fraction of sp³-hybridized carbons (Fsp3) is 0.632. The molecule has 1 aliphatic rings. The van der Waals surface area contributed by atoms with Crippen LogP contribution in [0.3, 0.4) is 0 Å². The first-order valence-corrected chi connectivity index (χ1v) is 8.87. The molecule has 1 amide bonds. The van der Waals surface area contributed by atoms with Gasteiger partial charge in [0.2, 0.25) is 0 Å². The van der Waals surface area contributed by atoms with Crippen molar-refractivity contribution in [3.8, 4) is 5.75 Å². The van der Waals surface area contributed by atoms with Crippen LogP contribution in [0.5, 0.6) is 5.75 Å². The number of piperidine rings is 1. The Bertz CT molecular complexity index is 562. The number of nitrogens with one attached hydrogen (secondary N) is 2. The van der Waals surface area contributed by atoms with Crippen LogP contribution < -0.4 is 15.4 Å². The first-order valence-electron chi connectivity index (χ1n) is 8.87. The van der Waals surface area contributed by atoms with E-state index in [0.717, 1.165) is 36.4 Å². The number of benzene rings is 1. The lowest BCUT2D eigenvalue weighted by Crippen LogP contribution is -2.53. The predicted octanol–water partition coefficient (Wildman–Crippen LogP) is 2.22. The molecule has 1 saturated heterocycles. The molecular formula is C19H31ClN2O4. The number of carbonyl (C=O) groups is 1. The summed E-state index contributed by atoms with van der Waals surface area (Å²) in [5.41, 5.74) is 1.37. The smallest absolute Gasteiger partial charge is 0.252 e. The molecule has 26 heavy (non-hydrogen) atoms. The Morgan fingerprint density at radius 1 is 1.23 bits per heavy atom. The molecule has 0 spiro atoms. The van der Waals surface area contributed by atoms with Crippen molar-refractivity contribution in [2.24, 2.45) is 0 Å². The Labute approximate surface area is 162 Å². The van der Waals surface area contributed by atoms with E-state index < -0.39 is 5.60 Å². The quantitative estimate of drug-likeness (QED) is 0.637. The zero-order valence-electron chi connectivity index (χ0n) is 15.9. The van der Waals surface area contributed by atoms with Gasteiger partial charge in [-0.25, -0.2) is 0 Å². The summed E-state index contributed by atoms with van der Waals surface area (Å²) in [7, 11) is 3.29. The molecule has 0 unspecified atom stereocenters. The number of amides is 1. The molecule has 1 aromatic carbocycles. The van der Waals surface area contributed by atoms with Gasteiger partial charge in [0, 0.05) is 39.4 Å². The third kappa shape index (κ3) is 6.13. The van der Waals surface area contributed by atoms with Gasteiger partial charge in [0.05, 0.1) is 6.61 Å². The number of methoxy groups -OCH3 is 2. The van der Waals surface area contributed by atoms with Gasteiger partial charge in [-0.3, -0.25) is 4.79 Å². The van der Waals surface area contributed by atoms with E-state index in [1.165, 1.54) is 0 Å². The Balaban J connectivity index is 0.00000338. The van der Waals surface area contributed by atoms with Gasteiger partial charge in [-0.15, -0.1) is 12.4 Å². The summed E-state index contributed by atoms with van der Waals surface area (Å²) >= 11 is 0. The van der Waals surface area contributed by atoms with Crippen molar-refractivity contribution >= 4 is 18.3 Å². The topological polar surface area (TPSA) is 68.8 Å². The highest BCUT2D eigenvalue weighted by atomic mass is 35.5. The zero-order valence-corrected chi connectivity index (χ0v) is 16.7. The fourth-order valence-electron chi connectivity index (χ4n) is 3.02. The molecule has 0 bridgehead atoms. The first kappa shape index (κ1) is 22.7. The first-order chi connectivity index (χ1) is 12.1. The van der Waals surface area contributed by atoms with E-state index in [4.69, 9.17) is 14.2 Å². The lowest BCUT2D eigenvalue weighted by atomic mass is 9.91. The number of aryl methyl sites for hydroxylation is 1. The highest BCUT2D eigenvalue weighted by Gasteiger charge is 2.39. The molecule has 0 atom stereocenters. The number of hydrogen-bond acceptors (Lipinski definition) is 5. The van der Waals surface area contributed by atoms with Gasteiger partial charge >= 0.3 is 0 Å². The number of rotatable bonds is 9. The summed E-state index contributed by atoms with van der Waals surface area (Å²) in [5.74, 6) is 0.760. The maximum Gasteiger partial charge on any atom is 0.252 e. The van der Waals surface area contributed by atoms with E-state index in [0.29, 0.717) is 32.6 Å². The molecule has 0 radical (unpaired) electrons. The Hall–Kier alpha value is -1.34. The molecule has 0 saturated carbocycles. The van der Waals surface area contributed by atoms with E-state index in [1.807, 2.05) is 25.1 Å². The minimum absolute atomic E-state index is 0. The third-order valence-corrected chi connectivity index (χ3v) is 4.63.